The van der Waals surface area contributed by atoms with E-state index in [2.05, 4.69) is 61.8 Å². The fraction of sp³-hybridized carbons (Fsp3) is 0.667. The lowest BCUT2D eigenvalue weighted by atomic mass is 9.77. The van der Waals surface area contributed by atoms with Gasteiger partial charge in [0.2, 0.25) is 5.91 Å². The first-order chi connectivity index (χ1) is 20.4. The van der Waals surface area contributed by atoms with Gasteiger partial charge in [-0.3, -0.25) is 9.69 Å². The number of rotatable bonds is 14. The molecule has 1 aliphatic carbocycles. The third kappa shape index (κ3) is 8.42. The zero-order valence-electron chi connectivity index (χ0n) is 25.9. The summed E-state index contributed by atoms with van der Waals surface area (Å²) >= 11 is 0. The Morgan fingerprint density at radius 2 is 1.74 bits per heavy atom. The summed E-state index contributed by atoms with van der Waals surface area (Å²) in [5, 5.41) is 0. The number of piperidine rings is 1. The van der Waals surface area contributed by atoms with Crippen molar-refractivity contribution in [3.8, 4) is 0 Å². The van der Waals surface area contributed by atoms with E-state index in [1.165, 1.54) is 57.6 Å². The average Bonchev–Trinajstić information content (AvgIpc) is 3.76. The fourth-order valence-corrected chi connectivity index (χ4v) is 7.13. The molecule has 1 unspecified atom stereocenters. The highest BCUT2D eigenvalue weighted by Gasteiger charge is 2.40. The minimum absolute atomic E-state index is 0.131. The number of methoxy groups -OCH3 is 1. The second-order valence-electron chi connectivity index (χ2n) is 13.3. The number of aromatic amines is 2. The van der Waals surface area contributed by atoms with Gasteiger partial charge in [-0.25, -0.2) is 9.97 Å². The van der Waals surface area contributed by atoms with E-state index in [9.17, 15) is 4.79 Å². The Hall–Kier alpha value is -2.75. The van der Waals surface area contributed by atoms with Crippen molar-refractivity contribution >= 4 is 5.91 Å². The van der Waals surface area contributed by atoms with E-state index in [0.29, 0.717) is 25.1 Å². The maximum absolute atomic E-state index is 13.8. The molecule has 9 heteroatoms. The summed E-state index contributed by atoms with van der Waals surface area (Å²) in [6.07, 6.45) is 20.2. The third-order valence-electron chi connectivity index (χ3n) is 9.39. The van der Waals surface area contributed by atoms with Gasteiger partial charge in [0.05, 0.1) is 12.5 Å². The number of nitrogens with one attached hydrogen (secondary N) is 2. The normalized spacial score (nSPS) is 21.1. The zero-order valence-corrected chi connectivity index (χ0v) is 25.9. The molecule has 4 heterocycles. The number of allylic oxidation sites excluding steroid dienone is 1. The molecule has 0 saturated carbocycles. The number of H-pyrrole nitrogens is 2. The molecule has 2 saturated heterocycles. The molecule has 2 aromatic rings. The molecule has 0 radical (unpaired) electrons. The number of imidazole rings is 2. The van der Waals surface area contributed by atoms with Gasteiger partial charge < -0.3 is 24.5 Å². The molecule has 1 atom stereocenters. The Morgan fingerprint density at radius 1 is 1.07 bits per heavy atom. The van der Waals surface area contributed by atoms with Crippen LogP contribution in [0.5, 0.6) is 0 Å². The summed E-state index contributed by atoms with van der Waals surface area (Å²) in [6.45, 7) is 13.5. The topological polar surface area (TPSA) is 93.4 Å². The Morgan fingerprint density at radius 3 is 2.29 bits per heavy atom. The smallest absolute Gasteiger partial charge is 0.229 e. The molecule has 42 heavy (non-hydrogen) atoms. The molecule has 5 rings (SSSR count). The van der Waals surface area contributed by atoms with Crippen molar-refractivity contribution in [2.75, 3.05) is 66.1 Å². The first-order valence-electron chi connectivity index (χ1n) is 16.0. The number of hydrogen-bond acceptors (Lipinski definition) is 6. The first kappa shape index (κ1) is 30.7. The van der Waals surface area contributed by atoms with E-state index < -0.39 is 0 Å². The first-order valence-corrected chi connectivity index (χ1v) is 16.0. The average molecular weight is 578 g/mol. The Kier molecular flexibility index (Phi) is 10.7. The number of nitrogens with zero attached hydrogens (tertiary/aromatic N) is 5. The van der Waals surface area contributed by atoms with Gasteiger partial charge in [-0.2, -0.15) is 0 Å². The van der Waals surface area contributed by atoms with Gasteiger partial charge >= 0.3 is 0 Å². The van der Waals surface area contributed by atoms with Crippen LogP contribution in [-0.2, 0) is 22.4 Å². The fourth-order valence-electron chi connectivity index (χ4n) is 7.13. The quantitative estimate of drug-likeness (QED) is 0.353. The van der Waals surface area contributed by atoms with Crippen molar-refractivity contribution in [2.45, 2.75) is 52.4 Å². The number of ether oxygens (including phenoxy) is 1. The minimum atomic E-state index is -0.131. The van der Waals surface area contributed by atoms with E-state index in [1.54, 1.807) is 19.5 Å². The van der Waals surface area contributed by atoms with Gasteiger partial charge in [0.15, 0.2) is 0 Å². The van der Waals surface area contributed by atoms with Crippen LogP contribution in [0.1, 0.15) is 51.2 Å². The molecule has 1 spiro atoms. The molecule has 1 amide bonds. The number of carbonyl (C=O) groups is 1. The van der Waals surface area contributed by atoms with Crippen molar-refractivity contribution in [3.05, 3.63) is 60.2 Å². The van der Waals surface area contributed by atoms with Gasteiger partial charge in [-0.1, -0.05) is 32.1 Å². The second kappa shape index (κ2) is 14.6. The SMILES string of the molecule is COCCN(CC(Cc1ncc[nH]1)Cc1ncc[nH]1)C(=O)C1C=CC(CN2CCC3(CCN(CC(C)C)CC3)C2)=CC1. The van der Waals surface area contributed by atoms with E-state index >= 15 is 0 Å². The third-order valence-corrected chi connectivity index (χ3v) is 9.39. The zero-order chi connectivity index (χ0) is 29.4. The molecule has 0 aromatic carbocycles. The molecule has 9 nitrogen and oxygen atoms in total. The van der Waals surface area contributed by atoms with Crippen LogP contribution in [0, 0.1) is 23.2 Å². The molecule has 230 valence electrons. The monoisotopic (exact) mass is 577 g/mol. The molecule has 2 N–H and O–H groups in total. The van der Waals surface area contributed by atoms with E-state index in [1.807, 2.05) is 17.3 Å². The van der Waals surface area contributed by atoms with Crippen molar-refractivity contribution in [2.24, 2.45) is 23.2 Å². The second-order valence-corrected chi connectivity index (χ2v) is 13.3. The lowest BCUT2D eigenvalue weighted by Gasteiger charge is -2.40. The summed E-state index contributed by atoms with van der Waals surface area (Å²) in [7, 11) is 1.69. The van der Waals surface area contributed by atoms with Crippen molar-refractivity contribution < 1.29 is 9.53 Å². The summed E-state index contributed by atoms with van der Waals surface area (Å²) < 4.78 is 5.40. The molecule has 2 aliphatic heterocycles. The Labute approximate surface area is 251 Å². The Balaban J connectivity index is 1.14. The highest BCUT2D eigenvalue weighted by atomic mass is 16.5. The lowest BCUT2D eigenvalue weighted by Crippen LogP contribution is -2.43. The van der Waals surface area contributed by atoms with Crippen LogP contribution in [0.25, 0.3) is 0 Å². The van der Waals surface area contributed by atoms with Gasteiger partial charge in [0.1, 0.15) is 11.6 Å². The van der Waals surface area contributed by atoms with Gasteiger partial charge in [0.25, 0.3) is 0 Å². The molecular weight excluding hydrogens is 526 g/mol. The number of likely N-dealkylation sites (tertiary alicyclic amines) is 2. The minimum Gasteiger partial charge on any atom is -0.383 e. The predicted octanol–water partition coefficient (Wildman–Crippen LogP) is 3.96. The van der Waals surface area contributed by atoms with Gasteiger partial charge in [0, 0.05) is 77.5 Å². The van der Waals surface area contributed by atoms with Crippen LogP contribution in [0.2, 0.25) is 0 Å². The molecule has 0 bridgehead atoms. The van der Waals surface area contributed by atoms with Crippen LogP contribution in [0.3, 0.4) is 0 Å². The van der Waals surface area contributed by atoms with Crippen LogP contribution < -0.4 is 0 Å². The highest BCUT2D eigenvalue weighted by molar-refractivity contribution is 5.81. The summed E-state index contributed by atoms with van der Waals surface area (Å²) in [6, 6.07) is 0. The summed E-state index contributed by atoms with van der Waals surface area (Å²) in [5.41, 5.74) is 1.86. The van der Waals surface area contributed by atoms with E-state index in [4.69, 9.17) is 4.74 Å². The maximum Gasteiger partial charge on any atom is 0.229 e. The van der Waals surface area contributed by atoms with Crippen LogP contribution >= 0.6 is 0 Å². The number of amides is 1. The van der Waals surface area contributed by atoms with Gasteiger partial charge in [-0.15, -0.1) is 0 Å². The number of hydrogen-bond donors (Lipinski definition) is 2. The van der Waals surface area contributed by atoms with Crippen molar-refractivity contribution in [1.82, 2.24) is 34.6 Å². The van der Waals surface area contributed by atoms with Crippen LogP contribution in [-0.4, -0.2) is 107 Å². The summed E-state index contributed by atoms with van der Waals surface area (Å²) in [4.78, 5) is 36.4. The van der Waals surface area contributed by atoms with Crippen LogP contribution in [0.4, 0.5) is 0 Å². The van der Waals surface area contributed by atoms with Gasteiger partial charge in [-0.05, 0) is 68.1 Å². The molecule has 2 fully saturated rings. The molecular formula is C33H51N7O2. The van der Waals surface area contributed by atoms with E-state index in [0.717, 1.165) is 43.4 Å². The predicted molar refractivity (Wildman–Crippen MR) is 166 cm³/mol. The van der Waals surface area contributed by atoms with Crippen molar-refractivity contribution in [1.29, 1.82) is 0 Å². The lowest BCUT2D eigenvalue weighted by molar-refractivity contribution is -0.135. The largest absolute Gasteiger partial charge is 0.383 e. The number of aromatic nitrogens is 4. The summed E-state index contributed by atoms with van der Waals surface area (Å²) in [5.74, 6) is 2.84. The van der Waals surface area contributed by atoms with Crippen LogP contribution in [0.15, 0.2) is 48.6 Å². The molecule has 3 aliphatic rings. The highest BCUT2D eigenvalue weighted by Crippen LogP contribution is 2.40. The van der Waals surface area contributed by atoms with Crippen molar-refractivity contribution in [3.63, 3.8) is 0 Å². The number of carbonyl (C=O) groups excluding carboxylic acids is 1. The maximum atomic E-state index is 13.8. The standard InChI is InChI=1S/C33H51N7O2/c1-26(2)22-38-15-8-33(9-16-38)10-17-39(25-33)23-27-4-6-29(7-5-27)32(41)40(18-19-42-3)24-28(20-30-34-11-12-35-30)21-31-36-13-14-37-31/h4-6,11-14,26,28-29H,7-10,15-25H2,1-3H3,(H,34,35)(H,36,37). The van der Waals surface area contributed by atoms with E-state index in [-0.39, 0.29) is 17.7 Å². The Bertz CT molecular complexity index is 1110. The molecule has 2 aromatic heterocycles.